The van der Waals surface area contributed by atoms with Gasteiger partial charge in [0, 0.05) is 32.4 Å². The van der Waals surface area contributed by atoms with Crippen molar-refractivity contribution < 1.29 is 19.0 Å². The first-order valence-electron chi connectivity index (χ1n) is 10.3. The molecule has 11 nitrogen and oxygen atoms in total. The minimum absolute atomic E-state index is 0.196. The number of amides is 1. The molecule has 0 spiro atoms. The van der Waals surface area contributed by atoms with Crippen LogP contribution in [0.4, 0.5) is 16.1 Å². The number of methoxy groups -OCH3 is 3. The van der Waals surface area contributed by atoms with Crippen molar-refractivity contribution in [1.29, 1.82) is 0 Å². The van der Waals surface area contributed by atoms with E-state index in [-0.39, 0.29) is 11.9 Å². The maximum absolute atomic E-state index is 12.8. The molecule has 3 heterocycles. The standard InChI is InChI=1S/C21H25N7O4S/c1-30-15-7-6-13(11-16(15)31-2)18(32-3)19(29)24-21-27-26-20(33-21)23-14-8-10-28(12-14)17-5-4-9-22-25-17/h4-7,9,11,14,18H,8,10,12H2,1-3H3,(H,23,26)(H,24,27,29)/t14-,18+/m1/s1. The highest BCUT2D eigenvalue weighted by Crippen LogP contribution is 2.32. The van der Waals surface area contributed by atoms with Gasteiger partial charge in [-0.25, -0.2) is 0 Å². The third-order valence-corrected chi connectivity index (χ3v) is 6.01. The molecular weight excluding hydrogens is 446 g/mol. The number of hydrogen-bond acceptors (Lipinski definition) is 11. The number of hydrogen-bond donors (Lipinski definition) is 2. The number of nitrogens with one attached hydrogen (secondary N) is 2. The van der Waals surface area contributed by atoms with Crippen molar-refractivity contribution in [3.8, 4) is 11.5 Å². The molecule has 0 aliphatic carbocycles. The van der Waals surface area contributed by atoms with Gasteiger partial charge in [0.1, 0.15) is 0 Å². The number of benzene rings is 1. The SMILES string of the molecule is COc1ccc([C@H](OC)C(=O)Nc2nnc(N[C@@H]3CCN(c4cccnn4)C3)s2)cc1OC. The summed E-state index contributed by atoms with van der Waals surface area (Å²) in [5, 5.41) is 23.5. The molecule has 2 N–H and O–H groups in total. The second kappa shape index (κ2) is 10.4. The zero-order chi connectivity index (χ0) is 23.2. The average Bonchev–Trinajstić information content (AvgIpc) is 3.49. The molecule has 174 valence electrons. The molecule has 4 rings (SSSR count). The Labute approximate surface area is 195 Å². The van der Waals surface area contributed by atoms with E-state index in [1.54, 1.807) is 31.5 Å². The fraction of sp³-hybridized carbons (Fsp3) is 0.381. The fourth-order valence-corrected chi connectivity index (χ4v) is 4.36. The van der Waals surface area contributed by atoms with Gasteiger partial charge in [-0.15, -0.1) is 15.3 Å². The Morgan fingerprint density at radius 3 is 2.67 bits per heavy atom. The maximum atomic E-state index is 12.8. The summed E-state index contributed by atoms with van der Waals surface area (Å²) in [7, 11) is 4.56. The predicted molar refractivity (Wildman–Crippen MR) is 124 cm³/mol. The van der Waals surface area contributed by atoms with Gasteiger partial charge in [0.15, 0.2) is 23.4 Å². The van der Waals surface area contributed by atoms with Gasteiger partial charge in [0.05, 0.1) is 14.2 Å². The quantitative estimate of drug-likeness (QED) is 0.481. The van der Waals surface area contributed by atoms with Crippen molar-refractivity contribution in [3.63, 3.8) is 0 Å². The molecule has 1 saturated heterocycles. The Balaban J connectivity index is 1.36. The zero-order valence-electron chi connectivity index (χ0n) is 18.5. The Morgan fingerprint density at radius 2 is 1.94 bits per heavy atom. The van der Waals surface area contributed by atoms with Gasteiger partial charge in [-0.05, 0) is 36.2 Å². The van der Waals surface area contributed by atoms with E-state index < -0.39 is 6.10 Å². The highest BCUT2D eigenvalue weighted by atomic mass is 32.1. The van der Waals surface area contributed by atoms with Crippen LogP contribution < -0.4 is 25.0 Å². The van der Waals surface area contributed by atoms with Crippen LogP contribution in [0.1, 0.15) is 18.1 Å². The van der Waals surface area contributed by atoms with Crippen LogP contribution in [0.3, 0.4) is 0 Å². The van der Waals surface area contributed by atoms with E-state index in [2.05, 4.69) is 35.9 Å². The molecule has 0 saturated carbocycles. The molecule has 2 aromatic heterocycles. The Morgan fingerprint density at radius 1 is 1.12 bits per heavy atom. The number of carbonyl (C=O) groups is 1. The van der Waals surface area contributed by atoms with Crippen molar-refractivity contribution in [3.05, 3.63) is 42.1 Å². The van der Waals surface area contributed by atoms with Gasteiger partial charge in [0.25, 0.3) is 5.91 Å². The highest BCUT2D eigenvalue weighted by molar-refractivity contribution is 7.19. The monoisotopic (exact) mass is 471 g/mol. The van der Waals surface area contributed by atoms with Gasteiger partial charge >= 0.3 is 0 Å². The number of aromatic nitrogens is 4. The largest absolute Gasteiger partial charge is 0.493 e. The molecule has 1 aromatic carbocycles. The van der Waals surface area contributed by atoms with E-state index in [0.717, 1.165) is 25.3 Å². The van der Waals surface area contributed by atoms with Gasteiger partial charge in [-0.2, -0.15) is 5.10 Å². The van der Waals surface area contributed by atoms with Crippen molar-refractivity contribution in [1.82, 2.24) is 20.4 Å². The second-order valence-corrected chi connectivity index (χ2v) is 8.27. The Kier molecular flexibility index (Phi) is 7.15. The first-order chi connectivity index (χ1) is 16.1. The van der Waals surface area contributed by atoms with Crippen LogP contribution in [0, 0.1) is 0 Å². The van der Waals surface area contributed by atoms with Gasteiger partial charge in [0.2, 0.25) is 10.3 Å². The molecule has 0 radical (unpaired) electrons. The highest BCUT2D eigenvalue weighted by Gasteiger charge is 2.26. The summed E-state index contributed by atoms with van der Waals surface area (Å²) in [6.45, 7) is 1.66. The van der Waals surface area contributed by atoms with Crippen LogP contribution in [0.15, 0.2) is 36.5 Å². The summed E-state index contributed by atoms with van der Waals surface area (Å²) >= 11 is 1.27. The number of anilines is 3. The molecule has 1 aliphatic rings. The summed E-state index contributed by atoms with van der Waals surface area (Å²) in [5.74, 6) is 1.58. The lowest BCUT2D eigenvalue weighted by molar-refractivity contribution is -0.126. The van der Waals surface area contributed by atoms with Crippen LogP contribution in [0.2, 0.25) is 0 Å². The maximum Gasteiger partial charge on any atom is 0.259 e. The fourth-order valence-electron chi connectivity index (χ4n) is 3.64. The predicted octanol–water partition coefficient (Wildman–Crippen LogP) is 2.36. The molecular formula is C21H25N7O4S. The smallest absolute Gasteiger partial charge is 0.259 e. The van der Waals surface area contributed by atoms with Crippen LogP contribution in [0.5, 0.6) is 11.5 Å². The zero-order valence-corrected chi connectivity index (χ0v) is 19.3. The van der Waals surface area contributed by atoms with Gasteiger partial charge < -0.3 is 24.4 Å². The number of rotatable bonds is 9. The minimum Gasteiger partial charge on any atom is -0.493 e. The lowest BCUT2D eigenvalue weighted by atomic mass is 10.1. The molecule has 33 heavy (non-hydrogen) atoms. The Bertz CT molecular complexity index is 1080. The van der Waals surface area contributed by atoms with Crippen molar-refractivity contribution >= 4 is 33.3 Å². The van der Waals surface area contributed by atoms with Gasteiger partial charge in [-0.1, -0.05) is 17.4 Å². The molecule has 12 heteroatoms. The molecule has 2 atom stereocenters. The topological polar surface area (TPSA) is 124 Å². The van der Waals surface area contributed by atoms with Crippen LogP contribution >= 0.6 is 11.3 Å². The van der Waals surface area contributed by atoms with Crippen molar-refractivity contribution in [2.24, 2.45) is 0 Å². The summed E-state index contributed by atoms with van der Waals surface area (Å²) in [5.41, 5.74) is 0.630. The van der Waals surface area contributed by atoms with Crippen molar-refractivity contribution in [2.75, 3.05) is 50.0 Å². The third kappa shape index (κ3) is 5.29. The minimum atomic E-state index is -0.847. The normalized spacial score (nSPS) is 16.3. The number of ether oxygens (including phenoxy) is 3. The van der Waals surface area contributed by atoms with Crippen LogP contribution in [-0.2, 0) is 9.53 Å². The first-order valence-corrected chi connectivity index (χ1v) is 11.1. The average molecular weight is 472 g/mol. The van der Waals surface area contributed by atoms with E-state index in [4.69, 9.17) is 14.2 Å². The van der Waals surface area contributed by atoms with E-state index >= 15 is 0 Å². The number of carbonyl (C=O) groups excluding carboxylic acids is 1. The van der Waals surface area contributed by atoms with Crippen LogP contribution in [-0.4, -0.2) is 66.8 Å². The molecule has 1 aliphatic heterocycles. The lowest BCUT2D eigenvalue weighted by Gasteiger charge is -2.17. The molecule has 3 aromatic rings. The molecule has 0 bridgehead atoms. The van der Waals surface area contributed by atoms with E-state index in [1.807, 2.05) is 12.1 Å². The van der Waals surface area contributed by atoms with E-state index in [9.17, 15) is 4.79 Å². The third-order valence-electron chi connectivity index (χ3n) is 5.24. The summed E-state index contributed by atoms with van der Waals surface area (Å²) in [4.78, 5) is 15.0. The summed E-state index contributed by atoms with van der Waals surface area (Å²) in [6, 6.07) is 9.21. The van der Waals surface area contributed by atoms with Crippen molar-refractivity contribution in [2.45, 2.75) is 18.6 Å². The first kappa shape index (κ1) is 22.7. The molecule has 0 unspecified atom stereocenters. The second-order valence-electron chi connectivity index (χ2n) is 7.29. The summed E-state index contributed by atoms with van der Waals surface area (Å²) in [6.07, 6.45) is 1.75. The van der Waals surface area contributed by atoms with Gasteiger partial charge in [-0.3, -0.25) is 10.1 Å². The van der Waals surface area contributed by atoms with E-state index in [0.29, 0.717) is 27.3 Å². The molecule has 1 amide bonds. The molecule has 1 fully saturated rings. The Hall–Kier alpha value is -3.51. The van der Waals surface area contributed by atoms with Crippen LogP contribution in [0.25, 0.3) is 0 Å². The number of nitrogens with zero attached hydrogens (tertiary/aromatic N) is 5. The lowest BCUT2D eigenvalue weighted by Crippen LogP contribution is -2.26. The summed E-state index contributed by atoms with van der Waals surface area (Å²) < 4.78 is 16.0. The van der Waals surface area contributed by atoms with E-state index in [1.165, 1.54) is 25.6 Å².